The third-order valence-corrected chi connectivity index (χ3v) is 3.24. The number of carbonyl (C=O) groups is 2. The fourth-order valence-electron chi connectivity index (χ4n) is 2.02. The normalized spacial score (nSPS) is 10.9. The molecule has 0 radical (unpaired) electrons. The predicted molar refractivity (Wildman–Crippen MR) is 90.5 cm³/mol. The van der Waals surface area contributed by atoms with Crippen molar-refractivity contribution < 1.29 is 19.1 Å². The summed E-state index contributed by atoms with van der Waals surface area (Å²) in [7, 11) is 2.94. The topological polar surface area (TPSA) is 67.9 Å². The molecule has 0 heterocycles. The molecule has 6 nitrogen and oxygen atoms in total. The molecule has 0 unspecified atom stereocenters. The molecule has 0 saturated heterocycles. The number of nitrogens with one attached hydrogen (secondary N) is 1. The first-order valence-electron chi connectivity index (χ1n) is 7.09. The van der Waals surface area contributed by atoms with E-state index < -0.39 is 0 Å². The van der Waals surface area contributed by atoms with Crippen LogP contribution < -0.4 is 19.7 Å². The second-order valence-electron chi connectivity index (χ2n) is 6.06. The van der Waals surface area contributed by atoms with Crippen LogP contribution in [0.1, 0.15) is 27.7 Å². The summed E-state index contributed by atoms with van der Waals surface area (Å²) in [5, 5.41) is 3.18. The van der Waals surface area contributed by atoms with Gasteiger partial charge in [0.05, 0.1) is 24.9 Å². The molecule has 1 aromatic rings. The number of anilines is 1. The molecular formula is C16H23ClN2O4. The number of methoxy groups -OCH3 is 2. The van der Waals surface area contributed by atoms with E-state index in [1.807, 2.05) is 20.8 Å². The molecule has 2 amide bonds. The molecule has 7 heteroatoms. The van der Waals surface area contributed by atoms with Gasteiger partial charge in [0.2, 0.25) is 11.8 Å². The number of hydrogen-bond acceptors (Lipinski definition) is 4. The minimum atomic E-state index is -0.388. The SMILES string of the molecule is COc1cc(N(CC(=O)NC(C)(C)C)C(C)=O)c(OC)cc1Cl. The summed E-state index contributed by atoms with van der Waals surface area (Å²) >= 11 is 6.07. The first kappa shape index (κ1) is 19.1. The zero-order valence-electron chi connectivity index (χ0n) is 14.3. The van der Waals surface area contributed by atoms with Gasteiger partial charge in [0.15, 0.2) is 0 Å². The van der Waals surface area contributed by atoms with Gasteiger partial charge in [0, 0.05) is 24.6 Å². The van der Waals surface area contributed by atoms with E-state index in [2.05, 4.69) is 5.32 Å². The van der Waals surface area contributed by atoms with Crippen molar-refractivity contribution in [3.8, 4) is 11.5 Å². The fourth-order valence-corrected chi connectivity index (χ4v) is 2.25. The van der Waals surface area contributed by atoms with E-state index in [4.69, 9.17) is 21.1 Å². The number of carbonyl (C=O) groups excluding carboxylic acids is 2. The number of nitrogens with zero attached hydrogens (tertiary/aromatic N) is 1. The third-order valence-electron chi connectivity index (χ3n) is 2.94. The van der Waals surface area contributed by atoms with E-state index in [0.717, 1.165) is 0 Å². The van der Waals surface area contributed by atoms with Crippen LogP contribution in [0.25, 0.3) is 0 Å². The third kappa shape index (κ3) is 5.32. The quantitative estimate of drug-likeness (QED) is 0.893. The van der Waals surface area contributed by atoms with Crippen molar-refractivity contribution in [2.75, 3.05) is 25.7 Å². The van der Waals surface area contributed by atoms with Gasteiger partial charge in [-0.05, 0) is 20.8 Å². The smallest absolute Gasteiger partial charge is 0.240 e. The van der Waals surface area contributed by atoms with Crippen LogP contribution in [0.4, 0.5) is 5.69 Å². The van der Waals surface area contributed by atoms with Gasteiger partial charge in [-0.3, -0.25) is 14.5 Å². The number of ether oxygens (including phenoxy) is 2. The predicted octanol–water partition coefficient (Wildman–Crippen LogP) is 2.62. The van der Waals surface area contributed by atoms with E-state index in [1.165, 1.54) is 26.0 Å². The van der Waals surface area contributed by atoms with Crippen LogP contribution in [0.5, 0.6) is 11.5 Å². The molecule has 0 aromatic heterocycles. The second kappa shape index (κ2) is 7.55. The maximum absolute atomic E-state index is 12.2. The molecule has 1 N–H and O–H groups in total. The molecule has 1 aromatic carbocycles. The standard InChI is InChI=1S/C16H23ClN2O4/c1-10(20)19(9-15(21)18-16(2,3)4)12-8-13(22-5)11(17)7-14(12)23-6/h7-8H,9H2,1-6H3,(H,18,21). The van der Waals surface area contributed by atoms with Crippen LogP contribution in [0, 0.1) is 0 Å². The fraction of sp³-hybridized carbons (Fsp3) is 0.500. The Bertz CT molecular complexity index is 596. The average Bonchev–Trinajstić information content (AvgIpc) is 2.42. The lowest BCUT2D eigenvalue weighted by Crippen LogP contribution is -2.47. The molecule has 0 aliphatic heterocycles. The number of halogens is 1. The van der Waals surface area contributed by atoms with Crippen LogP contribution in [0.15, 0.2) is 12.1 Å². The monoisotopic (exact) mass is 342 g/mol. The van der Waals surface area contributed by atoms with Crippen molar-refractivity contribution in [1.29, 1.82) is 0 Å². The van der Waals surface area contributed by atoms with Gasteiger partial charge in [-0.1, -0.05) is 11.6 Å². The molecule has 1 rings (SSSR count). The Kier molecular flexibility index (Phi) is 6.27. The van der Waals surface area contributed by atoms with Gasteiger partial charge < -0.3 is 14.8 Å². The molecule has 128 valence electrons. The summed E-state index contributed by atoms with van der Waals surface area (Å²) in [5.74, 6) is 0.208. The van der Waals surface area contributed by atoms with Crippen molar-refractivity contribution in [2.24, 2.45) is 0 Å². The van der Waals surface area contributed by atoms with Crippen LogP contribution in [0.3, 0.4) is 0 Å². The number of benzene rings is 1. The van der Waals surface area contributed by atoms with E-state index in [9.17, 15) is 9.59 Å². The van der Waals surface area contributed by atoms with Crippen molar-refractivity contribution in [1.82, 2.24) is 5.32 Å². The Balaban J connectivity index is 3.20. The lowest BCUT2D eigenvalue weighted by Gasteiger charge is -2.26. The Morgan fingerprint density at radius 1 is 1.17 bits per heavy atom. The molecular weight excluding hydrogens is 320 g/mol. The molecule has 0 bridgehead atoms. The van der Waals surface area contributed by atoms with Gasteiger partial charge in [0.25, 0.3) is 0 Å². The van der Waals surface area contributed by atoms with E-state index >= 15 is 0 Å². The minimum Gasteiger partial charge on any atom is -0.495 e. The molecule has 23 heavy (non-hydrogen) atoms. The number of hydrogen-bond donors (Lipinski definition) is 1. The maximum atomic E-state index is 12.2. The lowest BCUT2D eigenvalue weighted by atomic mass is 10.1. The van der Waals surface area contributed by atoms with Crippen LogP contribution in [0.2, 0.25) is 5.02 Å². The van der Waals surface area contributed by atoms with Crippen LogP contribution >= 0.6 is 11.6 Å². The molecule has 0 saturated carbocycles. The molecule has 0 aliphatic carbocycles. The van der Waals surface area contributed by atoms with Crippen molar-refractivity contribution in [3.63, 3.8) is 0 Å². The Morgan fingerprint density at radius 2 is 1.74 bits per heavy atom. The zero-order valence-corrected chi connectivity index (χ0v) is 15.1. The first-order chi connectivity index (χ1) is 10.6. The Morgan fingerprint density at radius 3 is 2.17 bits per heavy atom. The van der Waals surface area contributed by atoms with Crippen molar-refractivity contribution in [3.05, 3.63) is 17.2 Å². The number of rotatable bonds is 5. The highest BCUT2D eigenvalue weighted by molar-refractivity contribution is 6.32. The summed E-state index contributed by atoms with van der Waals surface area (Å²) in [6.07, 6.45) is 0. The van der Waals surface area contributed by atoms with Crippen LogP contribution in [-0.2, 0) is 9.59 Å². The summed E-state index contributed by atoms with van der Waals surface area (Å²) in [4.78, 5) is 25.5. The van der Waals surface area contributed by atoms with Gasteiger partial charge in [0.1, 0.15) is 18.0 Å². The summed E-state index contributed by atoms with van der Waals surface area (Å²) in [6.45, 7) is 6.86. The Labute approximate surface area is 141 Å². The van der Waals surface area contributed by atoms with Crippen molar-refractivity contribution >= 4 is 29.1 Å². The summed E-state index contributed by atoms with van der Waals surface area (Å²) in [6, 6.07) is 3.13. The zero-order chi connectivity index (χ0) is 17.8. The summed E-state index contributed by atoms with van der Waals surface area (Å²) in [5.41, 5.74) is 0.0340. The highest BCUT2D eigenvalue weighted by Gasteiger charge is 2.23. The number of amides is 2. The Hall–Kier alpha value is -1.95. The van der Waals surface area contributed by atoms with Gasteiger partial charge >= 0.3 is 0 Å². The van der Waals surface area contributed by atoms with E-state index in [1.54, 1.807) is 12.1 Å². The minimum absolute atomic E-state index is 0.131. The molecule has 0 fully saturated rings. The maximum Gasteiger partial charge on any atom is 0.240 e. The highest BCUT2D eigenvalue weighted by Crippen LogP contribution is 2.38. The highest BCUT2D eigenvalue weighted by atomic mass is 35.5. The van der Waals surface area contributed by atoms with Crippen molar-refractivity contribution in [2.45, 2.75) is 33.2 Å². The van der Waals surface area contributed by atoms with Gasteiger partial charge in [-0.25, -0.2) is 0 Å². The molecule has 0 spiro atoms. The molecule has 0 atom stereocenters. The van der Waals surface area contributed by atoms with Gasteiger partial charge in [-0.2, -0.15) is 0 Å². The first-order valence-corrected chi connectivity index (χ1v) is 7.47. The second-order valence-corrected chi connectivity index (χ2v) is 6.47. The molecule has 0 aliphatic rings. The van der Waals surface area contributed by atoms with E-state index in [0.29, 0.717) is 22.2 Å². The largest absolute Gasteiger partial charge is 0.495 e. The van der Waals surface area contributed by atoms with E-state index in [-0.39, 0.29) is 23.9 Å². The lowest BCUT2D eigenvalue weighted by molar-refractivity contribution is -0.124. The van der Waals surface area contributed by atoms with Gasteiger partial charge in [-0.15, -0.1) is 0 Å². The van der Waals surface area contributed by atoms with Crippen LogP contribution in [-0.4, -0.2) is 38.1 Å². The summed E-state index contributed by atoms with van der Waals surface area (Å²) < 4.78 is 10.4. The average molecular weight is 343 g/mol.